The summed E-state index contributed by atoms with van der Waals surface area (Å²) in [6.45, 7) is 0. The van der Waals surface area contributed by atoms with Crippen molar-refractivity contribution in [2.45, 2.75) is 22.6 Å². The Kier molecular flexibility index (Phi) is 3.91. The van der Waals surface area contributed by atoms with Crippen LogP contribution in [-0.4, -0.2) is 27.0 Å². The molecular formula is C24H19N3O3S2. The van der Waals surface area contributed by atoms with E-state index in [9.17, 15) is 14.4 Å². The zero-order valence-corrected chi connectivity index (χ0v) is 18.5. The summed E-state index contributed by atoms with van der Waals surface area (Å²) in [4.78, 5) is 49.1. The van der Waals surface area contributed by atoms with E-state index in [1.165, 1.54) is 16.2 Å². The van der Waals surface area contributed by atoms with Crippen molar-refractivity contribution in [2.75, 3.05) is 4.90 Å². The molecule has 1 aromatic carbocycles. The molecule has 7 atom stereocenters. The summed E-state index contributed by atoms with van der Waals surface area (Å²) in [5.41, 5.74) is 1.75. The van der Waals surface area contributed by atoms with Gasteiger partial charge in [-0.1, -0.05) is 35.6 Å². The lowest BCUT2D eigenvalue weighted by Gasteiger charge is -2.42. The third-order valence-corrected chi connectivity index (χ3v) is 10.4. The molecule has 2 bridgehead atoms. The zero-order valence-electron chi connectivity index (χ0n) is 16.9. The molecule has 4 heterocycles. The Morgan fingerprint density at radius 2 is 1.75 bits per heavy atom. The minimum Gasteiger partial charge on any atom is -0.307 e. The predicted octanol–water partition coefficient (Wildman–Crippen LogP) is 3.51. The summed E-state index contributed by atoms with van der Waals surface area (Å²) in [7, 11) is 0. The highest BCUT2D eigenvalue weighted by Gasteiger charge is 2.69. The van der Waals surface area contributed by atoms with Gasteiger partial charge in [0.1, 0.15) is 0 Å². The maximum atomic E-state index is 13.6. The van der Waals surface area contributed by atoms with E-state index in [1.807, 2.05) is 42.6 Å². The number of aromatic nitrogens is 2. The van der Waals surface area contributed by atoms with E-state index >= 15 is 0 Å². The Hall–Kier alpha value is -2.71. The van der Waals surface area contributed by atoms with Gasteiger partial charge in [-0.25, -0.2) is 0 Å². The molecule has 3 aromatic rings. The van der Waals surface area contributed by atoms with Crippen molar-refractivity contribution in [3.05, 3.63) is 75.0 Å². The SMILES string of the molecule is O=C1C2C3CC(C2C(=O)N1c1ccccc1)C1C3Sc2[nH]c(=O)sc2[C@@H]1c1cccnc1. The Morgan fingerprint density at radius 1 is 0.969 bits per heavy atom. The van der Waals surface area contributed by atoms with Crippen LogP contribution in [0.25, 0.3) is 0 Å². The van der Waals surface area contributed by atoms with Gasteiger partial charge in [0, 0.05) is 28.4 Å². The fraction of sp³-hybridized carbons (Fsp3) is 0.333. The number of pyridine rings is 1. The Bertz CT molecular complexity index is 1300. The summed E-state index contributed by atoms with van der Waals surface area (Å²) in [5.74, 6) is -0.140. The van der Waals surface area contributed by atoms with Crippen LogP contribution in [0.15, 0.2) is 64.7 Å². The number of H-pyrrole nitrogens is 1. The molecule has 2 aliphatic carbocycles. The normalized spacial score (nSPS) is 34.5. The van der Waals surface area contributed by atoms with E-state index in [-0.39, 0.29) is 57.4 Å². The van der Waals surface area contributed by atoms with Gasteiger partial charge in [-0.2, -0.15) is 0 Å². The molecule has 0 radical (unpaired) electrons. The van der Waals surface area contributed by atoms with Gasteiger partial charge in [0.25, 0.3) is 0 Å². The largest absolute Gasteiger partial charge is 0.307 e. The highest BCUT2D eigenvalue weighted by atomic mass is 32.2. The highest BCUT2D eigenvalue weighted by Crippen LogP contribution is 2.68. The third-order valence-electron chi connectivity index (χ3n) is 7.78. The minimum atomic E-state index is -0.272. The number of anilines is 1. The van der Waals surface area contributed by atoms with Gasteiger partial charge in [-0.3, -0.25) is 24.3 Å². The van der Waals surface area contributed by atoms with Gasteiger partial charge in [-0.05, 0) is 47.9 Å². The number of rotatable bonds is 2. The first-order chi connectivity index (χ1) is 15.6. The second-order valence-corrected chi connectivity index (χ2v) is 11.3. The Balaban J connectivity index is 1.34. The van der Waals surface area contributed by atoms with Crippen molar-refractivity contribution in [2.24, 2.45) is 29.6 Å². The second-order valence-electron chi connectivity index (χ2n) is 9.09. The first kappa shape index (κ1) is 18.8. The number of imide groups is 1. The molecule has 7 rings (SSSR count). The number of nitrogens with zero attached hydrogens (tertiary/aromatic N) is 2. The van der Waals surface area contributed by atoms with Gasteiger partial charge < -0.3 is 4.98 Å². The van der Waals surface area contributed by atoms with Crippen LogP contribution in [0.3, 0.4) is 0 Å². The van der Waals surface area contributed by atoms with E-state index in [0.29, 0.717) is 5.69 Å². The maximum Gasteiger partial charge on any atom is 0.305 e. The van der Waals surface area contributed by atoms with E-state index in [1.54, 1.807) is 18.0 Å². The molecule has 2 aliphatic heterocycles. The molecule has 1 saturated heterocycles. The second kappa shape index (κ2) is 6.65. The summed E-state index contributed by atoms with van der Waals surface area (Å²) in [6, 6.07) is 13.3. The van der Waals surface area contributed by atoms with Gasteiger partial charge in [0.05, 0.1) is 22.5 Å². The van der Waals surface area contributed by atoms with Crippen LogP contribution in [0.2, 0.25) is 0 Å². The number of fused-ring (bicyclic) bond motifs is 9. The number of aromatic amines is 1. The fourth-order valence-electron chi connectivity index (χ4n) is 6.78. The number of nitrogens with one attached hydrogen (secondary N) is 1. The zero-order chi connectivity index (χ0) is 21.6. The number of hydrogen-bond donors (Lipinski definition) is 1. The number of thiazole rings is 1. The first-order valence-electron chi connectivity index (χ1n) is 10.9. The molecule has 6 unspecified atom stereocenters. The fourth-order valence-corrected chi connectivity index (χ4v) is 9.67. The van der Waals surface area contributed by atoms with Crippen molar-refractivity contribution < 1.29 is 9.59 Å². The van der Waals surface area contributed by atoms with Crippen LogP contribution in [0.5, 0.6) is 0 Å². The molecule has 2 amide bonds. The monoisotopic (exact) mass is 461 g/mol. The van der Waals surface area contributed by atoms with E-state index in [2.05, 4.69) is 16.0 Å². The van der Waals surface area contributed by atoms with Crippen LogP contribution in [0.4, 0.5) is 5.69 Å². The quantitative estimate of drug-likeness (QED) is 0.591. The standard InChI is InChI=1S/C24H19N3O3S2/c28-22-17-13-9-14(18(17)23(29)27(22)12-6-2-1-3-7-12)19-16(13)15(11-5-4-8-25-10-11)20-21(31-19)26-24(30)32-20/h1-8,10,13-19H,9H2,(H,26,30)/t13?,14?,15-,16?,17?,18?,19?/m1/s1. The molecule has 6 nitrogen and oxygen atoms in total. The Labute approximate surface area is 192 Å². The Morgan fingerprint density at radius 3 is 2.50 bits per heavy atom. The molecule has 3 fully saturated rings. The number of carbonyl (C=O) groups is 2. The molecule has 2 saturated carbocycles. The van der Waals surface area contributed by atoms with Crippen LogP contribution in [-0.2, 0) is 9.59 Å². The summed E-state index contributed by atoms with van der Waals surface area (Å²) < 4.78 is 0. The number of thioether (sulfide) groups is 1. The van der Waals surface area contributed by atoms with Crippen LogP contribution < -0.4 is 9.77 Å². The number of amides is 2. The summed E-state index contributed by atoms with van der Waals surface area (Å²) >= 11 is 2.98. The predicted molar refractivity (Wildman–Crippen MR) is 122 cm³/mol. The maximum absolute atomic E-state index is 13.6. The lowest BCUT2D eigenvalue weighted by atomic mass is 9.68. The van der Waals surface area contributed by atoms with E-state index < -0.39 is 0 Å². The van der Waals surface area contributed by atoms with Crippen molar-refractivity contribution >= 4 is 40.6 Å². The van der Waals surface area contributed by atoms with Gasteiger partial charge >= 0.3 is 4.87 Å². The van der Waals surface area contributed by atoms with E-state index in [0.717, 1.165) is 21.9 Å². The number of hydrogen-bond acceptors (Lipinski definition) is 6. The smallest absolute Gasteiger partial charge is 0.305 e. The lowest BCUT2D eigenvalue weighted by molar-refractivity contribution is -0.123. The highest BCUT2D eigenvalue weighted by molar-refractivity contribution is 8.00. The van der Waals surface area contributed by atoms with Crippen molar-refractivity contribution in [3.8, 4) is 0 Å². The van der Waals surface area contributed by atoms with Crippen LogP contribution in [0, 0.1) is 29.6 Å². The summed E-state index contributed by atoms with van der Waals surface area (Å²) in [5, 5.41) is 1.13. The van der Waals surface area contributed by atoms with Crippen LogP contribution in [0.1, 0.15) is 22.8 Å². The summed E-state index contributed by atoms with van der Waals surface area (Å²) in [6.07, 6.45) is 4.54. The van der Waals surface area contributed by atoms with Gasteiger partial charge in [0.2, 0.25) is 11.8 Å². The topological polar surface area (TPSA) is 83.1 Å². The van der Waals surface area contributed by atoms with Crippen LogP contribution >= 0.6 is 23.1 Å². The van der Waals surface area contributed by atoms with Crippen molar-refractivity contribution in [1.29, 1.82) is 0 Å². The lowest BCUT2D eigenvalue weighted by Crippen LogP contribution is -2.42. The molecule has 1 N–H and O–H groups in total. The van der Waals surface area contributed by atoms with Crippen molar-refractivity contribution in [1.82, 2.24) is 9.97 Å². The molecule has 4 aliphatic rings. The number of benzene rings is 1. The minimum absolute atomic E-state index is 0.0264. The van der Waals surface area contributed by atoms with Gasteiger partial charge in [0.15, 0.2) is 0 Å². The average molecular weight is 462 g/mol. The first-order valence-corrected chi connectivity index (χ1v) is 12.6. The van der Waals surface area contributed by atoms with E-state index in [4.69, 9.17) is 0 Å². The number of para-hydroxylation sites is 1. The van der Waals surface area contributed by atoms with Crippen molar-refractivity contribution in [3.63, 3.8) is 0 Å². The molecule has 2 aromatic heterocycles. The average Bonchev–Trinajstić information content (AvgIpc) is 3.53. The number of carbonyl (C=O) groups excluding carboxylic acids is 2. The molecule has 0 spiro atoms. The molecular weight excluding hydrogens is 442 g/mol. The third kappa shape index (κ3) is 2.37. The molecule has 8 heteroatoms. The molecule has 32 heavy (non-hydrogen) atoms. The molecule has 160 valence electrons. The van der Waals surface area contributed by atoms with Gasteiger partial charge in [-0.15, -0.1) is 11.8 Å².